The van der Waals surface area contributed by atoms with Gasteiger partial charge in [0.2, 0.25) is 0 Å². The summed E-state index contributed by atoms with van der Waals surface area (Å²) in [6, 6.07) is -0.740. The van der Waals surface area contributed by atoms with E-state index < -0.39 is 24.3 Å². The fourth-order valence-corrected chi connectivity index (χ4v) is 2.78. The van der Waals surface area contributed by atoms with Gasteiger partial charge in [-0.1, -0.05) is 0 Å². The van der Waals surface area contributed by atoms with Crippen LogP contribution in [-0.4, -0.2) is 55.6 Å². The minimum absolute atomic E-state index is 0.0484. The van der Waals surface area contributed by atoms with Crippen molar-refractivity contribution in [2.45, 2.75) is 37.3 Å². The van der Waals surface area contributed by atoms with Crippen molar-refractivity contribution in [1.29, 1.82) is 0 Å². The van der Waals surface area contributed by atoms with E-state index in [0.717, 1.165) is 25.9 Å². The monoisotopic (exact) mass is 263 g/mol. The third-order valence-corrected chi connectivity index (χ3v) is 3.59. The van der Waals surface area contributed by atoms with Gasteiger partial charge in [-0.3, -0.25) is 14.5 Å². The van der Waals surface area contributed by atoms with Crippen molar-refractivity contribution in [3.8, 4) is 0 Å². The molecule has 0 aromatic rings. The molecule has 2 rings (SSSR count). The fraction of sp³-hybridized carbons (Fsp3) is 0.909. The standard InChI is InChI=1S/C11H19F2N3O2/c1-18-15-10(17)9-6-11(12,13)7-16(9)8-2-4-14-5-3-8/h8-9,14H,2-7H2,1H3,(H,15,17). The first kappa shape index (κ1) is 13.6. The number of nitrogens with zero attached hydrogens (tertiary/aromatic N) is 1. The molecule has 0 aliphatic carbocycles. The van der Waals surface area contributed by atoms with Crippen LogP contribution in [0.3, 0.4) is 0 Å². The zero-order valence-corrected chi connectivity index (χ0v) is 10.4. The van der Waals surface area contributed by atoms with Gasteiger partial charge in [0, 0.05) is 12.5 Å². The molecule has 0 radical (unpaired) electrons. The first-order valence-electron chi connectivity index (χ1n) is 6.20. The Balaban J connectivity index is 2.06. The molecule has 2 saturated heterocycles. The van der Waals surface area contributed by atoms with Crippen LogP contribution in [0.25, 0.3) is 0 Å². The molecule has 2 heterocycles. The molecule has 1 unspecified atom stereocenters. The second-order valence-electron chi connectivity index (χ2n) is 4.90. The summed E-state index contributed by atoms with van der Waals surface area (Å²) < 4.78 is 27.0. The molecule has 7 heteroatoms. The van der Waals surface area contributed by atoms with E-state index >= 15 is 0 Å². The lowest BCUT2D eigenvalue weighted by molar-refractivity contribution is -0.137. The number of alkyl halides is 2. The molecular weight excluding hydrogens is 244 g/mol. The number of amides is 1. The summed E-state index contributed by atoms with van der Waals surface area (Å²) >= 11 is 0. The maximum Gasteiger partial charge on any atom is 0.262 e. The molecule has 1 atom stereocenters. The summed E-state index contributed by atoms with van der Waals surface area (Å²) in [7, 11) is 1.31. The van der Waals surface area contributed by atoms with E-state index in [1.807, 2.05) is 0 Å². The quantitative estimate of drug-likeness (QED) is 0.711. The second-order valence-corrected chi connectivity index (χ2v) is 4.90. The van der Waals surface area contributed by atoms with E-state index in [2.05, 4.69) is 15.6 Å². The number of hydrogen-bond acceptors (Lipinski definition) is 4. The molecule has 2 aliphatic heterocycles. The number of nitrogens with one attached hydrogen (secondary N) is 2. The number of hydrogen-bond donors (Lipinski definition) is 2. The number of halogens is 2. The molecule has 5 nitrogen and oxygen atoms in total. The summed E-state index contributed by atoms with van der Waals surface area (Å²) in [6.07, 6.45) is 1.17. The van der Waals surface area contributed by atoms with Gasteiger partial charge >= 0.3 is 0 Å². The summed E-state index contributed by atoms with van der Waals surface area (Å²) in [6.45, 7) is 1.29. The SMILES string of the molecule is CONC(=O)C1CC(F)(F)CN1C1CCNCC1. The summed E-state index contributed by atoms with van der Waals surface area (Å²) in [5, 5.41) is 3.19. The Hall–Kier alpha value is -0.790. The highest BCUT2D eigenvalue weighted by Crippen LogP contribution is 2.35. The summed E-state index contributed by atoms with van der Waals surface area (Å²) in [5.41, 5.74) is 2.16. The van der Waals surface area contributed by atoms with Crippen molar-refractivity contribution in [3.63, 3.8) is 0 Å². The molecule has 2 fully saturated rings. The molecule has 0 aromatic carbocycles. The lowest BCUT2D eigenvalue weighted by Gasteiger charge is -2.34. The molecule has 1 amide bonds. The van der Waals surface area contributed by atoms with Gasteiger partial charge in [-0.25, -0.2) is 14.3 Å². The Morgan fingerprint density at radius 2 is 2.11 bits per heavy atom. The highest BCUT2D eigenvalue weighted by Gasteiger charge is 2.50. The van der Waals surface area contributed by atoms with E-state index in [-0.39, 0.29) is 12.6 Å². The zero-order chi connectivity index (χ0) is 13.2. The predicted molar refractivity (Wildman–Crippen MR) is 61.1 cm³/mol. The van der Waals surface area contributed by atoms with Crippen LogP contribution in [0.4, 0.5) is 8.78 Å². The van der Waals surface area contributed by atoms with Crippen LogP contribution < -0.4 is 10.8 Å². The molecule has 0 bridgehead atoms. The first-order valence-corrected chi connectivity index (χ1v) is 6.20. The van der Waals surface area contributed by atoms with Gasteiger partial charge in [0.15, 0.2) is 0 Å². The van der Waals surface area contributed by atoms with Crippen LogP contribution in [0.15, 0.2) is 0 Å². The molecule has 18 heavy (non-hydrogen) atoms. The van der Waals surface area contributed by atoms with Crippen molar-refractivity contribution in [3.05, 3.63) is 0 Å². The number of hydroxylamine groups is 1. The van der Waals surface area contributed by atoms with E-state index in [9.17, 15) is 13.6 Å². The van der Waals surface area contributed by atoms with Crippen LogP contribution in [0.2, 0.25) is 0 Å². The molecule has 2 N–H and O–H groups in total. The highest BCUT2D eigenvalue weighted by molar-refractivity contribution is 5.81. The Bertz CT molecular complexity index is 309. The number of carbonyl (C=O) groups excluding carboxylic acids is 1. The van der Waals surface area contributed by atoms with Crippen LogP contribution in [-0.2, 0) is 9.63 Å². The second kappa shape index (κ2) is 5.46. The van der Waals surface area contributed by atoms with Gasteiger partial charge in [0.1, 0.15) is 0 Å². The van der Waals surface area contributed by atoms with E-state index in [1.165, 1.54) is 7.11 Å². The Morgan fingerprint density at radius 3 is 2.72 bits per heavy atom. The highest BCUT2D eigenvalue weighted by atomic mass is 19.3. The van der Waals surface area contributed by atoms with Crippen LogP contribution >= 0.6 is 0 Å². The molecule has 104 valence electrons. The molecule has 0 saturated carbocycles. The van der Waals surface area contributed by atoms with E-state index in [4.69, 9.17) is 0 Å². The normalized spacial score (nSPS) is 29.4. The van der Waals surface area contributed by atoms with Crippen molar-refractivity contribution in [2.24, 2.45) is 0 Å². The smallest absolute Gasteiger partial charge is 0.262 e. The average Bonchev–Trinajstić information content (AvgIpc) is 2.67. The maximum atomic E-state index is 13.5. The Labute approximate surface area is 105 Å². The minimum Gasteiger partial charge on any atom is -0.317 e. The van der Waals surface area contributed by atoms with Crippen LogP contribution in [0, 0.1) is 0 Å². The third kappa shape index (κ3) is 2.96. The van der Waals surface area contributed by atoms with Gasteiger partial charge in [0.05, 0.1) is 19.7 Å². The Morgan fingerprint density at radius 1 is 1.44 bits per heavy atom. The van der Waals surface area contributed by atoms with Gasteiger partial charge in [-0.2, -0.15) is 0 Å². The van der Waals surface area contributed by atoms with Crippen molar-refractivity contribution >= 4 is 5.91 Å². The number of piperidine rings is 1. The predicted octanol–water partition coefficient (Wildman–Crippen LogP) is 0.126. The first-order chi connectivity index (χ1) is 8.53. The lowest BCUT2D eigenvalue weighted by atomic mass is 10.0. The van der Waals surface area contributed by atoms with E-state index in [0.29, 0.717) is 0 Å². The Kier molecular flexibility index (Phi) is 4.14. The van der Waals surface area contributed by atoms with Crippen LogP contribution in [0.1, 0.15) is 19.3 Å². The minimum atomic E-state index is -2.79. The van der Waals surface area contributed by atoms with Gasteiger partial charge < -0.3 is 5.32 Å². The van der Waals surface area contributed by atoms with Gasteiger partial charge in [-0.15, -0.1) is 0 Å². The van der Waals surface area contributed by atoms with Crippen molar-refractivity contribution in [2.75, 3.05) is 26.7 Å². The maximum absolute atomic E-state index is 13.5. The largest absolute Gasteiger partial charge is 0.317 e. The van der Waals surface area contributed by atoms with E-state index in [1.54, 1.807) is 4.90 Å². The molecule has 0 spiro atoms. The van der Waals surface area contributed by atoms with Crippen LogP contribution in [0.5, 0.6) is 0 Å². The summed E-state index contributed by atoms with van der Waals surface area (Å²) in [4.78, 5) is 17.9. The summed E-state index contributed by atoms with van der Waals surface area (Å²) in [5.74, 6) is -3.27. The lowest BCUT2D eigenvalue weighted by Crippen LogP contribution is -2.50. The van der Waals surface area contributed by atoms with Gasteiger partial charge in [0.25, 0.3) is 11.8 Å². The average molecular weight is 263 g/mol. The zero-order valence-electron chi connectivity index (χ0n) is 10.4. The molecular formula is C11H19F2N3O2. The van der Waals surface area contributed by atoms with Gasteiger partial charge in [-0.05, 0) is 25.9 Å². The van der Waals surface area contributed by atoms with Crippen molar-refractivity contribution in [1.82, 2.24) is 15.7 Å². The topological polar surface area (TPSA) is 53.6 Å². The number of likely N-dealkylation sites (tertiary alicyclic amines) is 1. The fourth-order valence-electron chi connectivity index (χ4n) is 2.78. The van der Waals surface area contributed by atoms with Crippen molar-refractivity contribution < 1.29 is 18.4 Å². The number of rotatable bonds is 3. The number of carbonyl (C=O) groups is 1. The molecule has 0 aromatic heterocycles. The third-order valence-electron chi connectivity index (χ3n) is 3.59. The molecule has 2 aliphatic rings.